The van der Waals surface area contributed by atoms with Gasteiger partial charge in [0.25, 0.3) is 0 Å². The molecule has 0 aromatic heterocycles. The molecule has 0 aliphatic heterocycles. The van der Waals surface area contributed by atoms with Gasteiger partial charge >= 0.3 is 0 Å². The third kappa shape index (κ3) is 2.79. The number of rotatable bonds is 3. The monoisotopic (exact) mass is 212 g/mol. The molecule has 0 fully saturated rings. The summed E-state index contributed by atoms with van der Waals surface area (Å²) in [5.41, 5.74) is 16.3. The average molecular weight is 212 g/mol. The molecule has 1 aliphatic carbocycles. The van der Waals surface area contributed by atoms with Crippen LogP contribution in [0.1, 0.15) is 6.42 Å². The Morgan fingerprint density at radius 1 is 1.53 bits per heavy atom. The van der Waals surface area contributed by atoms with Crippen LogP contribution in [0.5, 0.6) is 0 Å². The molecule has 0 radical (unpaired) electrons. The van der Waals surface area contributed by atoms with E-state index in [2.05, 4.69) is 0 Å². The fourth-order valence-electron chi connectivity index (χ4n) is 1.56. The molecule has 0 bridgehead atoms. The van der Waals surface area contributed by atoms with Crippen LogP contribution >= 0.6 is 0 Å². The van der Waals surface area contributed by atoms with Gasteiger partial charge in [0.05, 0.1) is 11.9 Å². The normalized spacial score (nSPS) is 30.3. The molecule has 0 aromatic carbocycles. The molecule has 84 valence electrons. The Morgan fingerprint density at radius 2 is 2.20 bits per heavy atom. The molecule has 15 heavy (non-hydrogen) atoms. The summed E-state index contributed by atoms with van der Waals surface area (Å²) in [4.78, 5) is 16.0. The molecule has 6 nitrogen and oxygen atoms in total. The van der Waals surface area contributed by atoms with Crippen LogP contribution in [-0.2, 0) is 9.63 Å². The number of carbonyl (C=O) groups is 1. The van der Waals surface area contributed by atoms with Crippen LogP contribution in [0.4, 0.5) is 0 Å². The van der Waals surface area contributed by atoms with Crippen LogP contribution in [0.3, 0.4) is 0 Å². The lowest BCUT2D eigenvalue weighted by Crippen LogP contribution is -2.46. The minimum absolute atomic E-state index is 0.141. The van der Waals surface area contributed by atoms with E-state index in [4.69, 9.17) is 27.9 Å². The smallest absolute Gasteiger partial charge is 0.172 e. The van der Waals surface area contributed by atoms with Gasteiger partial charge in [-0.15, -0.1) is 0 Å². The fourth-order valence-corrected chi connectivity index (χ4v) is 1.56. The van der Waals surface area contributed by atoms with Crippen molar-refractivity contribution in [2.24, 2.45) is 29.0 Å². The van der Waals surface area contributed by atoms with Gasteiger partial charge in [-0.1, -0.05) is 0 Å². The molecular weight excluding hydrogens is 196 g/mol. The maximum Gasteiger partial charge on any atom is 0.172 e. The highest BCUT2D eigenvalue weighted by atomic mass is 16.6. The first-order chi connectivity index (χ1) is 7.06. The first-order valence-corrected chi connectivity index (χ1v) is 4.60. The summed E-state index contributed by atoms with van der Waals surface area (Å²) < 4.78 is 0. The van der Waals surface area contributed by atoms with Gasteiger partial charge in [-0.3, -0.25) is 9.63 Å². The molecule has 0 spiro atoms. The number of ketones is 1. The van der Waals surface area contributed by atoms with Crippen LogP contribution in [0.25, 0.3) is 0 Å². The summed E-state index contributed by atoms with van der Waals surface area (Å²) in [7, 11) is 0. The van der Waals surface area contributed by atoms with E-state index < -0.39 is 6.04 Å². The van der Waals surface area contributed by atoms with Gasteiger partial charge in [-0.2, -0.15) is 0 Å². The van der Waals surface area contributed by atoms with Gasteiger partial charge in [0.1, 0.15) is 6.10 Å². The molecule has 0 saturated heterocycles. The van der Waals surface area contributed by atoms with Gasteiger partial charge in [0.15, 0.2) is 5.78 Å². The number of hydrogen-bond donors (Lipinski definition) is 4. The van der Waals surface area contributed by atoms with E-state index in [1.54, 1.807) is 12.2 Å². The fraction of sp³-hybridized carbons (Fsp3) is 0.444. The number of allylic oxidation sites excluding steroid dienone is 1. The molecule has 3 atom stereocenters. The predicted molar refractivity (Wildman–Crippen MR) is 55.7 cm³/mol. The Morgan fingerprint density at radius 3 is 2.73 bits per heavy atom. The van der Waals surface area contributed by atoms with Gasteiger partial charge in [-0.25, -0.2) is 5.90 Å². The number of nitrogens with two attached hydrogens (primary N) is 4. The highest BCUT2D eigenvalue weighted by molar-refractivity contribution is 5.95. The van der Waals surface area contributed by atoms with E-state index in [1.807, 2.05) is 0 Å². The lowest BCUT2D eigenvalue weighted by Gasteiger charge is -2.29. The SMILES string of the molecule is NOC1C=CC(=O)C(N)C1CC=C(N)N. The zero-order valence-corrected chi connectivity index (χ0v) is 8.30. The standard InChI is InChI=1S/C9H16N4O2/c10-8(11)4-1-5-7(15-13)3-2-6(14)9(5)12/h2-5,7,9H,1,10-13H2. The Balaban J connectivity index is 2.77. The van der Waals surface area contributed by atoms with Crippen molar-refractivity contribution in [1.82, 2.24) is 0 Å². The molecule has 1 rings (SSSR count). The summed E-state index contributed by atoms with van der Waals surface area (Å²) in [6.07, 6.45) is 4.66. The molecule has 0 saturated carbocycles. The molecule has 6 heteroatoms. The maximum absolute atomic E-state index is 11.3. The highest BCUT2D eigenvalue weighted by Crippen LogP contribution is 2.21. The molecule has 1 aliphatic rings. The Kier molecular flexibility index (Phi) is 3.84. The largest absolute Gasteiger partial charge is 0.386 e. The second-order valence-electron chi connectivity index (χ2n) is 3.49. The van der Waals surface area contributed by atoms with Crippen molar-refractivity contribution in [2.45, 2.75) is 18.6 Å². The second kappa shape index (κ2) is 4.92. The van der Waals surface area contributed by atoms with Crippen LogP contribution in [-0.4, -0.2) is 17.9 Å². The third-order valence-electron chi connectivity index (χ3n) is 2.44. The minimum Gasteiger partial charge on any atom is -0.386 e. The number of carbonyl (C=O) groups excluding carboxylic acids is 1. The first-order valence-electron chi connectivity index (χ1n) is 4.60. The summed E-state index contributed by atoms with van der Waals surface area (Å²) >= 11 is 0. The van der Waals surface area contributed by atoms with E-state index in [9.17, 15) is 4.79 Å². The van der Waals surface area contributed by atoms with Crippen LogP contribution in [0.2, 0.25) is 0 Å². The lowest BCUT2D eigenvalue weighted by atomic mass is 9.84. The molecule has 0 amide bonds. The van der Waals surface area contributed by atoms with Gasteiger partial charge in [-0.05, 0) is 24.6 Å². The lowest BCUT2D eigenvalue weighted by molar-refractivity contribution is -0.119. The van der Waals surface area contributed by atoms with E-state index in [1.165, 1.54) is 6.08 Å². The van der Waals surface area contributed by atoms with E-state index >= 15 is 0 Å². The van der Waals surface area contributed by atoms with Crippen molar-refractivity contribution >= 4 is 5.78 Å². The molecule has 3 unspecified atom stereocenters. The summed E-state index contributed by atoms with van der Waals surface area (Å²) in [5.74, 6) is 4.93. The van der Waals surface area contributed by atoms with Gasteiger partial charge in [0.2, 0.25) is 0 Å². The van der Waals surface area contributed by atoms with Crippen molar-refractivity contribution in [3.8, 4) is 0 Å². The maximum atomic E-state index is 11.3. The van der Waals surface area contributed by atoms with Crippen molar-refractivity contribution < 1.29 is 9.63 Å². The summed E-state index contributed by atoms with van der Waals surface area (Å²) in [6.45, 7) is 0. The Bertz CT molecular complexity index is 296. The van der Waals surface area contributed by atoms with Crippen molar-refractivity contribution in [1.29, 1.82) is 0 Å². The molecular formula is C9H16N4O2. The van der Waals surface area contributed by atoms with Gasteiger partial charge < -0.3 is 17.2 Å². The quantitative estimate of drug-likeness (QED) is 0.420. The average Bonchev–Trinajstić information content (AvgIpc) is 2.20. The molecule has 8 N–H and O–H groups in total. The van der Waals surface area contributed by atoms with Crippen LogP contribution in [0, 0.1) is 5.92 Å². The van der Waals surface area contributed by atoms with E-state index in [-0.39, 0.29) is 23.6 Å². The van der Waals surface area contributed by atoms with E-state index in [0.717, 1.165) is 0 Å². The van der Waals surface area contributed by atoms with Crippen LogP contribution in [0.15, 0.2) is 24.0 Å². The zero-order chi connectivity index (χ0) is 11.4. The van der Waals surface area contributed by atoms with Crippen molar-refractivity contribution in [3.63, 3.8) is 0 Å². The Labute approximate surface area is 87.9 Å². The van der Waals surface area contributed by atoms with Crippen molar-refractivity contribution in [3.05, 3.63) is 24.0 Å². The Hall–Kier alpha value is -1.37. The molecule has 0 heterocycles. The topological polar surface area (TPSA) is 130 Å². The van der Waals surface area contributed by atoms with Crippen LogP contribution < -0.4 is 23.1 Å². The second-order valence-corrected chi connectivity index (χ2v) is 3.49. The van der Waals surface area contributed by atoms with Crippen molar-refractivity contribution in [2.75, 3.05) is 0 Å². The predicted octanol–water partition coefficient (Wildman–Crippen LogP) is -1.52. The number of hydrogen-bond acceptors (Lipinski definition) is 6. The molecule has 0 aromatic rings. The van der Waals surface area contributed by atoms with E-state index in [0.29, 0.717) is 6.42 Å². The minimum atomic E-state index is -0.626. The zero-order valence-electron chi connectivity index (χ0n) is 8.30. The van der Waals surface area contributed by atoms with Gasteiger partial charge in [0, 0.05) is 5.92 Å². The summed E-state index contributed by atoms with van der Waals surface area (Å²) in [6, 6.07) is -0.626. The first kappa shape index (κ1) is 11.7. The summed E-state index contributed by atoms with van der Waals surface area (Å²) in [5, 5.41) is 0. The highest BCUT2D eigenvalue weighted by Gasteiger charge is 2.32. The third-order valence-corrected chi connectivity index (χ3v) is 2.44.